The van der Waals surface area contributed by atoms with Crippen LogP contribution in [0.3, 0.4) is 0 Å². The first-order valence-corrected chi connectivity index (χ1v) is 8.92. The van der Waals surface area contributed by atoms with E-state index in [9.17, 15) is 0 Å². The fourth-order valence-electron chi connectivity index (χ4n) is 2.88. The van der Waals surface area contributed by atoms with Crippen LogP contribution in [0.4, 0.5) is 5.69 Å². The average Bonchev–Trinajstić information content (AvgIpc) is 2.76. The summed E-state index contributed by atoms with van der Waals surface area (Å²) in [5.74, 6) is 1.41. The van der Waals surface area contributed by atoms with Crippen molar-refractivity contribution in [3.63, 3.8) is 0 Å². The summed E-state index contributed by atoms with van der Waals surface area (Å²) in [4.78, 5) is 13.0. The molecule has 0 bridgehead atoms. The van der Waals surface area contributed by atoms with Crippen molar-refractivity contribution >= 4 is 18.2 Å². The molecule has 0 saturated heterocycles. The van der Waals surface area contributed by atoms with Crippen LogP contribution in [-0.4, -0.2) is 31.7 Å². The molecule has 0 radical (unpaired) electrons. The van der Waals surface area contributed by atoms with Gasteiger partial charge in [0.2, 0.25) is 0 Å². The highest BCUT2D eigenvalue weighted by Gasteiger charge is 2.11. The molecule has 144 valence electrons. The van der Waals surface area contributed by atoms with Gasteiger partial charge in [0.05, 0.1) is 12.8 Å². The lowest BCUT2D eigenvalue weighted by molar-refractivity contribution is 0.415. The number of pyridine rings is 1. The number of hydrogen-bond donors (Lipinski definition) is 1. The summed E-state index contributed by atoms with van der Waals surface area (Å²) in [6.07, 6.45) is 3.47. The second kappa shape index (κ2) is 10.1. The van der Waals surface area contributed by atoms with E-state index >= 15 is 0 Å². The van der Waals surface area contributed by atoms with Crippen molar-refractivity contribution in [1.29, 1.82) is 0 Å². The number of ether oxygens (including phenoxy) is 1. The molecular formula is C23H26N4O. The normalized spacial score (nSPS) is 10.7. The number of aliphatic imine (C=N–C) groups is 2. The van der Waals surface area contributed by atoms with Crippen molar-refractivity contribution in [2.24, 2.45) is 15.7 Å². The Morgan fingerprint density at radius 1 is 1.04 bits per heavy atom. The fraction of sp³-hybridized carbons (Fsp3) is 0.174. The molecule has 5 heteroatoms. The van der Waals surface area contributed by atoms with Crippen molar-refractivity contribution in [2.45, 2.75) is 13.8 Å². The lowest BCUT2D eigenvalue weighted by Crippen LogP contribution is -1.98. The highest BCUT2D eigenvalue weighted by molar-refractivity contribution is 6.03. The van der Waals surface area contributed by atoms with Gasteiger partial charge in [0.15, 0.2) is 5.84 Å². The first-order chi connectivity index (χ1) is 13.6. The molecule has 2 N–H and O–H groups in total. The van der Waals surface area contributed by atoms with E-state index in [0.29, 0.717) is 5.84 Å². The van der Waals surface area contributed by atoms with Crippen molar-refractivity contribution in [3.05, 3.63) is 77.6 Å². The molecule has 1 heterocycles. The van der Waals surface area contributed by atoms with E-state index in [1.54, 1.807) is 19.5 Å². The summed E-state index contributed by atoms with van der Waals surface area (Å²) in [6.45, 7) is 7.80. The van der Waals surface area contributed by atoms with Crippen LogP contribution < -0.4 is 10.5 Å². The minimum Gasteiger partial charge on any atom is -0.497 e. The van der Waals surface area contributed by atoms with Crippen LogP contribution in [0, 0.1) is 13.8 Å². The van der Waals surface area contributed by atoms with E-state index in [-0.39, 0.29) is 0 Å². The number of hydrogen-bond acceptors (Lipinski definition) is 4. The van der Waals surface area contributed by atoms with Gasteiger partial charge in [-0.2, -0.15) is 0 Å². The highest BCUT2D eigenvalue weighted by Crippen LogP contribution is 2.34. The third kappa shape index (κ3) is 4.69. The Bertz CT molecular complexity index is 948. The lowest BCUT2D eigenvalue weighted by Gasteiger charge is -2.13. The topological polar surface area (TPSA) is 72.9 Å². The molecule has 0 amide bonds. The highest BCUT2D eigenvalue weighted by atomic mass is 16.5. The number of aromatic nitrogens is 1. The third-order valence-electron chi connectivity index (χ3n) is 4.32. The maximum Gasteiger partial charge on any atom is 0.160 e. The predicted octanol–water partition coefficient (Wildman–Crippen LogP) is 4.73. The van der Waals surface area contributed by atoms with Crippen molar-refractivity contribution < 1.29 is 4.74 Å². The summed E-state index contributed by atoms with van der Waals surface area (Å²) >= 11 is 0. The van der Waals surface area contributed by atoms with Gasteiger partial charge in [-0.1, -0.05) is 24.3 Å². The molecule has 0 aliphatic heterocycles. The molecule has 1 aromatic heterocycles. The van der Waals surface area contributed by atoms with Gasteiger partial charge < -0.3 is 10.5 Å². The summed E-state index contributed by atoms with van der Waals surface area (Å²) in [5, 5.41) is 0. The van der Waals surface area contributed by atoms with Gasteiger partial charge in [-0.3, -0.25) is 4.98 Å². The van der Waals surface area contributed by atoms with Crippen molar-refractivity contribution in [2.75, 3.05) is 14.2 Å². The minimum atomic E-state index is 0.566. The number of nitrogens with zero attached hydrogens (tertiary/aromatic N) is 3. The molecule has 0 saturated carbocycles. The maximum atomic E-state index is 5.25. The number of aryl methyl sites for hydroxylation is 1. The lowest BCUT2D eigenvalue weighted by atomic mass is 9.96. The zero-order valence-electron chi connectivity index (χ0n) is 16.8. The van der Waals surface area contributed by atoms with Crippen molar-refractivity contribution in [1.82, 2.24) is 4.98 Å². The smallest absolute Gasteiger partial charge is 0.160 e. The maximum absolute atomic E-state index is 5.25. The molecule has 0 aliphatic carbocycles. The molecule has 3 aromatic rings. The number of rotatable bonds is 4. The number of amidine groups is 1. The molecule has 5 nitrogen and oxygen atoms in total. The Balaban J connectivity index is 0.00000136. The first-order valence-electron chi connectivity index (χ1n) is 8.92. The van der Waals surface area contributed by atoms with Gasteiger partial charge in [0, 0.05) is 18.0 Å². The Morgan fingerprint density at radius 2 is 1.75 bits per heavy atom. The fourth-order valence-corrected chi connectivity index (χ4v) is 2.88. The van der Waals surface area contributed by atoms with Crippen LogP contribution in [0.25, 0.3) is 11.1 Å². The second-order valence-corrected chi connectivity index (χ2v) is 5.97. The van der Waals surface area contributed by atoms with Crippen LogP contribution in [0.2, 0.25) is 0 Å². The largest absolute Gasteiger partial charge is 0.497 e. The molecule has 0 unspecified atom stereocenters. The third-order valence-corrected chi connectivity index (χ3v) is 4.32. The van der Waals surface area contributed by atoms with E-state index in [2.05, 4.69) is 53.6 Å². The monoisotopic (exact) mass is 374 g/mol. The van der Waals surface area contributed by atoms with Crippen LogP contribution in [0.5, 0.6) is 5.75 Å². The molecule has 0 spiro atoms. The van der Waals surface area contributed by atoms with E-state index in [1.165, 1.54) is 7.05 Å². The van der Waals surface area contributed by atoms with E-state index < -0.39 is 0 Å². The van der Waals surface area contributed by atoms with Gasteiger partial charge >= 0.3 is 0 Å². The van der Waals surface area contributed by atoms with Crippen molar-refractivity contribution in [3.8, 4) is 16.9 Å². The average molecular weight is 374 g/mol. The first kappa shape index (κ1) is 21.0. The molecular weight excluding hydrogens is 348 g/mol. The molecule has 0 fully saturated rings. The Kier molecular flexibility index (Phi) is 7.60. The molecule has 28 heavy (non-hydrogen) atoms. The van der Waals surface area contributed by atoms with E-state index in [0.717, 1.165) is 39.3 Å². The van der Waals surface area contributed by atoms with Gasteiger partial charge in [0.25, 0.3) is 0 Å². The summed E-state index contributed by atoms with van der Waals surface area (Å²) < 4.78 is 5.25. The van der Waals surface area contributed by atoms with E-state index in [4.69, 9.17) is 9.73 Å². The zero-order valence-corrected chi connectivity index (χ0v) is 16.8. The van der Waals surface area contributed by atoms with Gasteiger partial charge in [0.1, 0.15) is 5.75 Å². The van der Waals surface area contributed by atoms with Crippen LogP contribution in [0.15, 0.2) is 70.9 Å². The second-order valence-electron chi connectivity index (χ2n) is 5.97. The van der Waals surface area contributed by atoms with E-state index in [1.807, 2.05) is 31.2 Å². The zero-order chi connectivity index (χ0) is 20.5. The van der Waals surface area contributed by atoms with Gasteiger partial charge in [-0.25, -0.2) is 9.98 Å². The van der Waals surface area contributed by atoms with Crippen LogP contribution in [-0.2, 0) is 0 Å². The quantitative estimate of drug-likeness (QED) is 0.530. The summed E-state index contributed by atoms with van der Waals surface area (Å²) in [5.41, 5.74) is 10.7. The Labute approximate surface area is 166 Å². The SMILES string of the molecule is C=NC(=Nc1c(C)ccc(-c2ccc(OC)cc2)c1C)c1cccnc1.CN. The van der Waals surface area contributed by atoms with Gasteiger partial charge in [-0.05, 0) is 74.1 Å². The van der Waals surface area contributed by atoms with Crippen LogP contribution in [0.1, 0.15) is 16.7 Å². The minimum absolute atomic E-state index is 0.566. The Morgan fingerprint density at radius 3 is 2.32 bits per heavy atom. The molecule has 2 aromatic carbocycles. The van der Waals surface area contributed by atoms with Gasteiger partial charge in [-0.15, -0.1) is 0 Å². The van der Waals surface area contributed by atoms with Crippen LogP contribution >= 0.6 is 0 Å². The summed E-state index contributed by atoms with van der Waals surface area (Å²) in [7, 11) is 3.17. The molecule has 3 rings (SSSR count). The number of nitrogens with two attached hydrogens (primary N) is 1. The molecule has 0 atom stereocenters. The number of methoxy groups -OCH3 is 1. The number of benzene rings is 2. The predicted molar refractivity (Wildman–Crippen MR) is 118 cm³/mol. The molecule has 0 aliphatic rings. The standard InChI is InChI=1S/C22H21N3O.CH5N/c1-15-7-12-20(17-8-10-19(26-4)11-9-17)16(2)21(15)25-22(23-3)18-6-5-13-24-14-18;1-2/h5-14H,3H2,1-2,4H3;2H2,1H3. The summed E-state index contributed by atoms with van der Waals surface area (Å²) in [6, 6.07) is 16.0. The Hall–Kier alpha value is -3.31.